The highest BCUT2D eigenvalue weighted by molar-refractivity contribution is 6.32. The summed E-state index contributed by atoms with van der Waals surface area (Å²) in [6, 6.07) is 17.3. The molecule has 0 atom stereocenters. The average Bonchev–Trinajstić information content (AvgIpc) is 3.16. The van der Waals surface area contributed by atoms with E-state index in [-0.39, 0.29) is 12.5 Å². The normalized spacial score (nSPS) is 11.0. The van der Waals surface area contributed by atoms with Gasteiger partial charge in [0.25, 0.3) is 5.91 Å². The highest BCUT2D eigenvalue weighted by Gasteiger charge is 2.12. The number of hydrogen-bond donors (Lipinski definition) is 1. The molecule has 158 valence electrons. The van der Waals surface area contributed by atoms with Crippen molar-refractivity contribution in [2.24, 2.45) is 0 Å². The van der Waals surface area contributed by atoms with E-state index in [4.69, 9.17) is 20.8 Å². The second-order valence-corrected chi connectivity index (χ2v) is 7.89. The number of nitrogens with one attached hydrogen (secondary N) is 1. The van der Waals surface area contributed by atoms with Gasteiger partial charge in [0.1, 0.15) is 11.3 Å². The number of hydrogen-bond acceptors (Lipinski definition) is 4. The third-order valence-electron chi connectivity index (χ3n) is 5.00. The Balaban J connectivity index is 1.45. The summed E-state index contributed by atoms with van der Waals surface area (Å²) < 4.78 is 11.5. The lowest BCUT2D eigenvalue weighted by atomic mass is 10.1. The van der Waals surface area contributed by atoms with E-state index >= 15 is 0 Å². The summed E-state index contributed by atoms with van der Waals surface area (Å²) in [6.45, 7) is 5.83. The van der Waals surface area contributed by atoms with Crippen LogP contribution in [0.5, 0.6) is 5.75 Å². The van der Waals surface area contributed by atoms with E-state index in [1.165, 1.54) is 5.56 Å². The van der Waals surface area contributed by atoms with Gasteiger partial charge in [-0.1, -0.05) is 36.7 Å². The van der Waals surface area contributed by atoms with Crippen molar-refractivity contribution in [3.05, 3.63) is 76.3 Å². The third kappa shape index (κ3) is 4.72. The van der Waals surface area contributed by atoms with E-state index in [9.17, 15) is 4.79 Å². The summed E-state index contributed by atoms with van der Waals surface area (Å²) >= 11 is 6.24. The van der Waals surface area contributed by atoms with Gasteiger partial charge in [0.15, 0.2) is 12.2 Å². The van der Waals surface area contributed by atoms with Crippen LogP contribution in [-0.2, 0) is 11.2 Å². The summed E-state index contributed by atoms with van der Waals surface area (Å²) in [5.41, 5.74) is 6.06. The van der Waals surface area contributed by atoms with Crippen LogP contribution in [0.2, 0.25) is 5.02 Å². The molecule has 1 aromatic heterocycles. The lowest BCUT2D eigenvalue weighted by Gasteiger charge is -2.12. The summed E-state index contributed by atoms with van der Waals surface area (Å²) in [7, 11) is 0. The molecule has 0 aliphatic heterocycles. The first-order chi connectivity index (χ1) is 14.9. The Labute approximate surface area is 186 Å². The van der Waals surface area contributed by atoms with Gasteiger partial charge in [-0.3, -0.25) is 4.79 Å². The number of aromatic nitrogens is 1. The zero-order valence-corrected chi connectivity index (χ0v) is 18.4. The van der Waals surface area contributed by atoms with Crippen molar-refractivity contribution in [1.82, 2.24) is 4.98 Å². The molecular weight excluding hydrogens is 412 g/mol. The molecule has 0 fully saturated rings. The van der Waals surface area contributed by atoms with Gasteiger partial charge in [0.05, 0.1) is 5.02 Å². The third-order valence-corrected chi connectivity index (χ3v) is 5.28. The maximum Gasteiger partial charge on any atom is 0.262 e. The number of carbonyl (C=O) groups is 1. The number of carbonyl (C=O) groups excluding carboxylic acids is 1. The van der Waals surface area contributed by atoms with Gasteiger partial charge in [-0.15, -0.1) is 0 Å². The Bertz CT molecular complexity index is 1220. The number of aryl methyl sites for hydroxylation is 3. The van der Waals surface area contributed by atoms with Crippen LogP contribution in [0.4, 0.5) is 5.69 Å². The molecule has 0 saturated heterocycles. The topological polar surface area (TPSA) is 64.4 Å². The van der Waals surface area contributed by atoms with Crippen molar-refractivity contribution < 1.29 is 13.9 Å². The van der Waals surface area contributed by atoms with Gasteiger partial charge in [0.2, 0.25) is 5.89 Å². The van der Waals surface area contributed by atoms with Gasteiger partial charge in [-0.05, 0) is 73.4 Å². The number of oxazole rings is 1. The van der Waals surface area contributed by atoms with E-state index in [1.54, 1.807) is 18.2 Å². The van der Waals surface area contributed by atoms with Crippen LogP contribution in [0.3, 0.4) is 0 Å². The minimum Gasteiger partial charge on any atom is -0.482 e. The molecule has 4 rings (SSSR count). The Kier molecular flexibility index (Phi) is 5.96. The van der Waals surface area contributed by atoms with Crippen LogP contribution in [0, 0.1) is 13.8 Å². The first-order valence-electron chi connectivity index (χ1n) is 10.1. The molecule has 3 aromatic carbocycles. The molecule has 0 unspecified atom stereocenters. The molecule has 0 aliphatic carbocycles. The molecule has 1 N–H and O–H groups in total. The second kappa shape index (κ2) is 8.82. The largest absolute Gasteiger partial charge is 0.482 e. The summed E-state index contributed by atoms with van der Waals surface area (Å²) in [5, 5.41) is 3.32. The summed E-state index contributed by atoms with van der Waals surface area (Å²) in [4.78, 5) is 16.9. The zero-order valence-electron chi connectivity index (χ0n) is 17.7. The van der Waals surface area contributed by atoms with Crippen LogP contribution >= 0.6 is 11.6 Å². The van der Waals surface area contributed by atoms with Crippen LogP contribution in [-0.4, -0.2) is 17.5 Å². The van der Waals surface area contributed by atoms with E-state index in [0.717, 1.165) is 23.1 Å². The standard InChI is InChI=1S/C25H23ClN2O3/c1-4-17-5-7-18(8-6-17)25-28-21-13-19(9-10-22(21)31-25)27-23(29)14-30-24-16(3)11-15(2)12-20(24)26/h5-13H,4,14H2,1-3H3,(H,27,29). The van der Waals surface area contributed by atoms with Crippen molar-refractivity contribution >= 4 is 34.3 Å². The first-order valence-corrected chi connectivity index (χ1v) is 10.5. The number of ether oxygens (including phenoxy) is 1. The fourth-order valence-electron chi connectivity index (χ4n) is 3.43. The van der Waals surface area contributed by atoms with Crippen LogP contribution in [0.15, 0.2) is 59.0 Å². The second-order valence-electron chi connectivity index (χ2n) is 7.48. The van der Waals surface area contributed by atoms with E-state index in [2.05, 4.69) is 29.4 Å². The van der Waals surface area contributed by atoms with Gasteiger partial charge >= 0.3 is 0 Å². The van der Waals surface area contributed by atoms with Gasteiger partial charge in [0, 0.05) is 11.3 Å². The zero-order chi connectivity index (χ0) is 22.0. The Morgan fingerprint density at radius 3 is 2.58 bits per heavy atom. The molecule has 1 amide bonds. The predicted molar refractivity (Wildman–Crippen MR) is 124 cm³/mol. The van der Waals surface area contributed by atoms with Crippen molar-refractivity contribution in [2.45, 2.75) is 27.2 Å². The number of benzene rings is 3. The number of amides is 1. The molecule has 31 heavy (non-hydrogen) atoms. The molecule has 0 aliphatic rings. The molecule has 5 nitrogen and oxygen atoms in total. The van der Waals surface area contributed by atoms with E-state index in [0.29, 0.717) is 33.4 Å². The molecular formula is C25H23ClN2O3. The maximum atomic E-state index is 12.4. The Morgan fingerprint density at radius 1 is 1.10 bits per heavy atom. The molecule has 0 saturated carbocycles. The molecule has 1 heterocycles. The fourth-order valence-corrected chi connectivity index (χ4v) is 3.81. The monoisotopic (exact) mass is 434 g/mol. The average molecular weight is 435 g/mol. The molecule has 0 radical (unpaired) electrons. The number of fused-ring (bicyclic) bond motifs is 1. The highest BCUT2D eigenvalue weighted by Crippen LogP contribution is 2.30. The van der Waals surface area contributed by atoms with Crippen molar-refractivity contribution in [3.8, 4) is 17.2 Å². The van der Waals surface area contributed by atoms with Crippen LogP contribution in [0.1, 0.15) is 23.6 Å². The van der Waals surface area contributed by atoms with E-state index in [1.807, 2.05) is 38.1 Å². The minimum absolute atomic E-state index is 0.143. The van der Waals surface area contributed by atoms with Gasteiger partial charge in [-0.25, -0.2) is 4.98 Å². The predicted octanol–water partition coefficient (Wildman–Crippen LogP) is 6.34. The van der Waals surface area contributed by atoms with Crippen molar-refractivity contribution in [1.29, 1.82) is 0 Å². The van der Waals surface area contributed by atoms with E-state index < -0.39 is 0 Å². The molecule has 0 bridgehead atoms. The van der Waals surface area contributed by atoms with Crippen molar-refractivity contribution in [2.75, 3.05) is 11.9 Å². The number of anilines is 1. The number of nitrogens with zero attached hydrogens (tertiary/aromatic N) is 1. The van der Waals surface area contributed by atoms with Crippen molar-refractivity contribution in [3.63, 3.8) is 0 Å². The van der Waals surface area contributed by atoms with Crippen LogP contribution < -0.4 is 10.1 Å². The smallest absolute Gasteiger partial charge is 0.262 e. The number of halogens is 1. The molecule has 4 aromatic rings. The summed E-state index contributed by atoms with van der Waals surface area (Å²) in [6.07, 6.45) is 0.982. The van der Waals surface area contributed by atoms with Gasteiger partial charge in [-0.2, -0.15) is 0 Å². The molecule has 6 heteroatoms. The lowest BCUT2D eigenvalue weighted by Crippen LogP contribution is -2.20. The fraction of sp³-hybridized carbons (Fsp3) is 0.200. The minimum atomic E-state index is -0.283. The first kappa shape index (κ1) is 20.9. The lowest BCUT2D eigenvalue weighted by molar-refractivity contribution is -0.118. The highest BCUT2D eigenvalue weighted by atomic mass is 35.5. The Hall–Kier alpha value is -3.31. The van der Waals surface area contributed by atoms with Crippen LogP contribution in [0.25, 0.3) is 22.6 Å². The quantitative estimate of drug-likeness (QED) is 0.384. The van der Waals surface area contributed by atoms with Gasteiger partial charge < -0.3 is 14.5 Å². The Morgan fingerprint density at radius 2 is 1.87 bits per heavy atom. The SMILES string of the molecule is CCc1ccc(-c2nc3cc(NC(=O)COc4c(C)cc(C)cc4Cl)ccc3o2)cc1. The number of rotatable bonds is 6. The maximum absolute atomic E-state index is 12.4. The molecule has 0 spiro atoms. The summed E-state index contributed by atoms with van der Waals surface area (Å²) in [5.74, 6) is 0.788.